The van der Waals surface area contributed by atoms with Gasteiger partial charge in [0.2, 0.25) is 0 Å². The van der Waals surface area contributed by atoms with Crippen LogP contribution in [0.2, 0.25) is 0 Å². The summed E-state index contributed by atoms with van der Waals surface area (Å²) in [5.41, 5.74) is 0.690. The molecule has 0 aliphatic carbocycles. The van der Waals surface area contributed by atoms with E-state index in [-0.39, 0.29) is 5.56 Å². The first kappa shape index (κ1) is 20.1. The van der Waals surface area contributed by atoms with Crippen LogP contribution in [0.15, 0.2) is 47.6 Å². The predicted octanol–water partition coefficient (Wildman–Crippen LogP) is 1.37. The zero-order chi connectivity index (χ0) is 21.1. The summed E-state index contributed by atoms with van der Waals surface area (Å²) in [5, 5.41) is 19.2. The maximum Gasteiger partial charge on any atom is 0.322 e. The SMILES string of the molecule is CN1N=Cc2ccccc2C(NC(=O)NC(=O)C(O)c2cc(F)cc(F)c2)C1=O. The summed E-state index contributed by atoms with van der Waals surface area (Å²) in [6, 6.07) is 6.62. The molecule has 150 valence electrons. The van der Waals surface area contributed by atoms with Gasteiger partial charge in [0, 0.05) is 18.7 Å². The van der Waals surface area contributed by atoms with Gasteiger partial charge in [-0.3, -0.25) is 14.9 Å². The van der Waals surface area contributed by atoms with Gasteiger partial charge >= 0.3 is 6.03 Å². The van der Waals surface area contributed by atoms with E-state index in [1.165, 1.54) is 13.3 Å². The molecule has 1 aliphatic rings. The number of rotatable bonds is 3. The third kappa shape index (κ3) is 4.43. The zero-order valence-electron chi connectivity index (χ0n) is 15.1. The van der Waals surface area contributed by atoms with Crippen LogP contribution in [-0.4, -0.2) is 41.2 Å². The molecular formula is C19H16F2N4O4. The van der Waals surface area contributed by atoms with Crippen LogP contribution in [0, 0.1) is 11.6 Å². The summed E-state index contributed by atoms with van der Waals surface area (Å²) >= 11 is 0. The van der Waals surface area contributed by atoms with Gasteiger partial charge in [0.1, 0.15) is 17.7 Å². The van der Waals surface area contributed by atoms with Gasteiger partial charge in [-0.2, -0.15) is 5.10 Å². The van der Waals surface area contributed by atoms with Crippen LogP contribution in [0.3, 0.4) is 0 Å². The van der Waals surface area contributed by atoms with Gasteiger partial charge in [-0.15, -0.1) is 0 Å². The number of likely N-dealkylation sites (N-methyl/N-ethyl adjacent to an activating group) is 1. The minimum atomic E-state index is -1.99. The van der Waals surface area contributed by atoms with Gasteiger partial charge in [0.15, 0.2) is 6.10 Å². The van der Waals surface area contributed by atoms with Gasteiger partial charge in [-0.1, -0.05) is 24.3 Å². The Hall–Kier alpha value is -3.66. The molecule has 2 aromatic carbocycles. The molecule has 1 heterocycles. The second-order valence-electron chi connectivity index (χ2n) is 6.24. The average molecular weight is 402 g/mol. The molecule has 0 spiro atoms. The van der Waals surface area contributed by atoms with Crippen molar-refractivity contribution < 1.29 is 28.3 Å². The molecule has 0 fully saturated rings. The van der Waals surface area contributed by atoms with Crippen molar-refractivity contribution in [2.24, 2.45) is 5.10 Å². The largest absolute Gasteiger partial charge is 0.378 e. The van der Waals surface area contributed by atoms with Crippen LogP contribution in [0.5, 0.6) is 0 Å². The van der Waals surface area contributed by atoms with Crippen LogP contribution in [0.25, 0.3) is 0 Å². The fourth-order valence-electron chi connectivity index (χ4n) is 2.79. The molecule has 3 rings (SSSR count). The third-order valence-electron chi connectivity index (χ3n) is 4.20. The van der Waals surface area contributed by atoms with Crippen molar-refractivity contribution in [1.29, 1.82) is 0 Å². The summed E-state index contributed by atoms with van der Waals surface area (Å²) in [7, 11) is 1.41. The number of fused-ring (bicyclic) bond motifs is 1. The molecule has 3 N–H and O–H groups in total. The van der Waals surface area contributed by atoms with Gasteiger partial charge in [0.25, 0.3) is 11.8 Å². The summed E-state index contributed by atoms with van der Waals surface area (Å²) in [6.07, 6.45) is -0.533. The molecule has 0 saturated heterocycles. The normalized spacial score (nSPS) is 16.6. The number of amides is 4. The number of carbonyl (C=O) groups is 3. The lowest BCUT2D eigenvalue weighted by atomic mass is 10.0. The Bertz CT molecular complexity index is 991. The van der Waals surface area contributed by atoms with E-state index in [2.05, 4.69) is 10.4 Å². The number of imide groups is 1. The Morgan fingerprint density at radius 1 is 1.17 bits per heavy atom. The van der Waals surface area contributed by atoms with E-state index in [1.807, 2.05) is 5.32 Å². The lowest BCUT2D eigenvalue weighted by molar-refractivity contribution is -0.132. The maximum absolute atomic E-state index is 13.3. The van der Waals surface area contributed by atoms with Crippen molar-refractivity contribution in [2.75, 3.05) is 7.05 Å². The lowest BCUT2D eigenvalue weighted by Gasteiger charge is -2.21. The van der Waals surface area contributed by atoms with Crippen molar-refractivity contribution in [1.82, 2.24) is 15.6 Å². The molecule has 0 saturated carbocycles. The number of hydrazone groups is 1. The highest BCUT2D eigenvalue weighted by Gasteiger charge is 2.30. The first-order valence-corrected chi connectivity index (χ1v) is 8.42. The van der Waals surface area contributed by atoms with Gasteiger partial charge in [0.05, 0.1) is 6.21 Å². The third-order valence-corrected chi connectivity index (χ3v) is 4.20. The standard InChI is InChI=1S/C19H16F2N4O4/c1-25-18(28)15(14-5-3-2-4-10(14)9-22-25)23-19(29)24-17(27)16(26)11-6-12(20)8-13(21)7-11/h2-9,15-16,26H,1H3,(H2,23,24,27,29). The van der Waals surface area contributed by atoms with Gasteiger partial charge in [-0.05, 0) is 23.3 Å². The molecule has 4 amide bonds. The Labute approximate surface area is 163 Å². The average Bonchev–Trinajstić information content (AvgIpc) is 2.79. The smallest absolute Gasteiger partial charge is 0.322 e. The first-order chi connectivity index (χ1) is 13.8. The van der Waals surface area contributed by atoms with Crippen LogP contribution in [0.4, 0.5) is 13.6 Å². The quantitative estimate of drug-likeness (QED) is 0.720. The molecule has 2 atom stereocenters. The molecule has 0 aromatic heterocycles. The number of hydrogen-bond donors (Lipinski definition) is 3. The highest BCUT2D eigenvalue weighted by Crippen LogP contribution is 2.22. The van der Waals surface area contributed by atoms with Crippen molar-refractivity contribution in [3.8, 4) is 0 Å². The number of urea groups is 1. The van der Waals surface area contributed by atoms with E-state index in [4.69, 9.17) is 0 Å². The second-order valence-corrected chi connectivity index (χ2v) is 6.24. The Morgan fingerprint density at radius 3 is 2.52 bits per heavy atom. The lowest BCUT2D eigenvalue weighted by Crippen LogP contribution is -2.46. The topological polar surface area (TPSA) is 111 Å². The fourth-order valence-corrected chi connectivity index (χ4v) is 2.79. The highest BCUT2D eigenvalue weighted by molar-refractivity contribution is 6.00. The summed E-state index contributed by atoms with van der Waals surface area (Å²) in [6.45, 7) is 0. The second kappa shape index (κ2) is 8.15. The zero-order valence-corrected chi connectivity index (χ0v) is 15.1. The van der Waals surface area contributed by atoms with Crippen LogP contribution in [-0.2, 0) is 9.59 Å². The molecule has 29 heavy (non-hydrogen) atoms. The minimum absolute atomic E-state index is 0.364. The number of aliphatic hydroxyl groups excluding tert-OH is 1. The monoisotopic (exact) mass is 402 g/mol. The Balaban J connectivity index is 1.74. The van der Waals surface area contributed by atoms with Crippen LogP contribution in [0.1, 0.15) is 28.8 Å². The maximum atomic E-state index is 13.3. The van der Waals surface area contributed by atoms with Crippen molar-refractivity contribution in [3.05, 3.63) is 70.8 Å². The van der Waals surface area contributed by atoms with E-state index in [0.29, 0.717) is 17.2 Å². The number of halogens is 2. The van der Waals surface area contributed by atoms with E-state index in [0.717, 1.165) is 17.1 Å². The highest BCUT2D eigenvalue weighted by atomic mass is 19.1. The summed E-state index contributed by atoms with van der Waals surface area (Å²) in [4.78, 5) is 36.9. The number of carbonyl (C=O) groups excluding carboxylic acids is 3. The van der Waals surface area contributed by atoms with Gasteiger partial charge in [-0.25, -0.2) is 18.6 Å². The first-order valence-electron chi connectivity index (χ1n) is 8.42. The number of benzene rings is 2. The molecule has 10 heteroatoms. The van der Waals surface area contributed by atoms with Crippen molar-refractivity contribution in [2.45, 2.75) is 12.1 Å². The predicted molar refractivity (Wildman–Crippen MR) is 97.5 cm³/mol. The molecular weight excluding hydrogens is 386 g/mol. The van der Waals surface area contributed by atoms with Gasteiger partial charge < -0.3 is 10.4 Å². The van der Waals surface area contributed by atoms with Crippen LogP contribution >= 0.6 is 0 Å². The number of nitrogens with zero attached hydrogens (tertiary/aromatic N) is 2. The molecule has 2 aromatic rings. The van der Waals surface area contributed by atoms with Crippen molar-refractivity contribution in [3.63, 3.8) is 0 Å². The number of hydrogen-bond acceptors (Lipinski definition) is 5. The van der Waals surface area contributed by atoms with E-state index in [1.54, 1.807) is 24.3 Å². The van der Waals surface area contributed by atoms with Crippen LogP contribution < -0.4 is 10.6 Å². The van der Waals surface area contributed by atoms with Crippen molar-refractivity contribution >= 4 is 24.1 Å². The molecule has 0 bridgehead atoms. The summed E-state index contributed by atoms with van der Waals surface area (Å²) < 4.78 is 26.5. The van der Waals surface area contributed by atoms with E-state index in [9.17, 15) is 28.3 Å². The molecule has 0 radical (unpaired) electrons. The summed E-state index contributed by atoms with van der Waals surface area (Å²) in [5.74, 6) is -3.74. The van der Waals surface area contributed by atoms with E-state index >= 15 is 0 Å². The number of nitrogens with one attached hydrogen (secondary N) is 2. The Kier molecular flexibility index (Phi) is 5.64. The van der Waals surface area contributed by atoms with E-state index < -0.39 is 41.6 Å². The number of aliphatic hydroxyl groups is 1. The Morgan fingerprint density at radius 2 is 1.83 bits per heavy atom. The molecule has 1 aliphatic heterocycles. The minimum Gasteiger partial charge on any atom is -0.378 e. The molecule has 8 nitrogen and oxygen atoms in total. The molecule has 2 unspecified atom stereocenters. The fraction of sp³-hybridized carbons (Fsp3) is 0.158.